The summed E-state index contributed by atoms with van der Waals surface area (Å²) in [6, 6.07) is 13.7. The van der Waals surface area contributed by atoms with Crippen LogP contribution in [0.3, 0.4) is 0 Å². The lowest BCUT2D eigenvalue weighted by Gasteiger charge is -2.14. The third-order valence-corrected chi connectivity index (χ3v) is 3.92. The van der Waals surface area contributed by atoms with Crippen molar-refractivity contribution in [3.63, 3.8) is 0 Å². The normalized spacial score (nSPS) is 12.2. The molecule has 0 saturated carbocycles. The topological polar surface area (TPSA) is 35.2 Å². The third kappa shape index (κ3) is 3.98. The van der Waals surface area contributed by atoms with Crippen LogP contribution in [0.25, 0.3) is 0 Å². The fourth-order valence-corrected chi connectivity index (χ4v) is 2.65. The molecule has 0 aliphatic rings. The minimum Gasteiger partial charge on any atom is -0.493 e. The van der Waals surface area contributed by atoms with Crippen molar-refractivity contribution < 1.29 is 4.74 Å². The second kappa shape index (κ2) is 7.11. The Hall–Kier alpha value is -1.03. The highest BCUT2D eigenvalue weighted by atomic mass is 79.9. The number of hydrogen-bond donors (Lipinski definition) is 1. The van der Waals surface area contributed by atoms with E-state index in [1.54, 1.807) is 0 Å². The van der Waals surface area contributed by atoms with Gasteiger partial charge in [-0.2, -0.15) is 0 Å². The molecule has 1 unspecified atom stereocenters. The van der Waals surface area contributed by atoms with E-state index >= 15 is 0 Å². The first-order valence-electron chi connectivity index (χ1n) is 6.52. The lowest BCUT2D eigenvalue weighted by molar-refractivity contribution is 0.338. The van der Waals surface area contributed by atoms with Crippen molar-refractivity contribution in [3.05, 3.63) is 63.1 Å². The molecule has 20 heavy (non-hydrogen) atoms. The molecule has 0 saturated heterocycles. The molecule has 0 fully saturated rings. The Morgan fingerprint density at radius 2 is 1.90 bits per heavy atom. The van der Waals surface area contributed by atoms with Crippen LogP contribution < -0.4 is 10.5 Å². The summed E-state index contributed by atoms with van der Waals surface area (Å²) in [5.41, 5.74) is 8.52. The second-order valence-electron chi connectivity index (χ2n) is 4.56. The molecule has 2 N–H and O–H groups in total. The van der Waals surface area contributed by atoms with Crippen LogP contribution in [0, 0.1) is 0 Å². The predicted octanol–water partition coefficient (Wildman–Crippen LogP) is 4.74. The molecule has 0 aliphatic carbocycles. The SMILES string of the molecule is CCOc1ccc(C(N)Cc2ccc(Cl)cc2)cc1Br. The van der Waals surface area contributed by atoms with Crippen LogP contribution in [-0.2, 0) is 6.42 Å². The van der Waals surface area contributed by atoms with Crippen molar-refractivity contribution in [1.29, 1.82) is 0 Å². The number of benzene rings is 2. The van der Waals surface area contributed by atoms with E-state index in [1.165, 1.54) is 5.56 Å². The summed E-state index contributed by atoms with van der Waals surface area (Å²) in [5, 5.41) is 0.742. The van der Waals surface area contributed by atoms with Crippen molar-refractivity contribution in [3.8, 4) is 5.75 Å². The maximum atomic E-state index is 6.26. The number of rotatable bonds is 5. The van der Waals surface area contributed by atoms with Gasteiger partial charge in [0, 0.05) is 11.1 Å². The summed E-state index contributed by atoms with van der Waals surface area (Å²) in [6.07, 6.45) is 0.775. The van der Waals surface area contributed by atoms with Crippen molar-refractivity contribution in [2.75, 3.05) is 6.61 Å². The quantitative estimate of drug-likeness (QED) is 0.841. The van der Waals surface area contributed by atoms with Crippen LogP contribution >= 0.6 is 27.5 Å². The van der Waals surface area contributed by atoms with Gasteiger partial charge in [0.25, 0.3) is 0 Å². The van der Waals surface area contributed by atoms with Crippen LogP contribution in [0.2, 0.25) is 5.02 Å². The molecule has 4 heteroatoms. The van der Waals surface area contributed by atoms with Crippen molar-refractivity contribution in [2.24, 2.45) is 5.73 Å². The molecule has 0 aromatic heterocycles. The first kappa shape index (κ1) is 15.4. The molecule has 2 nitrogen and oxygen atoms in total. The number of hydrogen-bond acceptors (Lipinski definition) is 2. The molecule has 0 radical (unpaired) electrons. The Labute approximate surface area is 133 Å². The van der Waals surface area contributed by atoms with Gasteiger partial charge < -0.3 is 10.5 Å². The summed E-state index contributed by atoms with van der Waals surface area (Å²) in [5.74, 6) is 0.843. The summed E-state index contributed by atoms with van der Waals surface area (Å²) in [7, 11) is 0. The molecular weight excluding hydrogens is 338 g/mol. The van der Waals surface area contributed by atoms with Gasteiger partial charge >= 0.3 is 0 Å². The minimum absolute atomic E-state index is 0.0526. The van der Waals surface area contributed by atoms with E-state index in [0.717, 1.165) is 27.2 Å². The third-order valence-electron chi connectivity index (χ3n) is 3.05. The van der Waals surface area contributed by atoms with E-state index in [9.17, 15) is 0 Å². The van der Waals surface area contributed by atoms with Gasteiger partial charge in [0.05, 0.1) is 11.1 Å². The van der Waals surface area contributed by atoms with E-state index in [2.05, 4.69) is 15.9 Å². The van der Waals surface area contributed by atoms with Gasteiger partial charge in [-0.15, -0.1) is 0 Å². The molecular formula is C16H17BrClNO. The monoisotopic (exact) mass is 353 g/mol. The first-order chi connectivity index (χ1) is 9.60. The van der Waals surface area contributed by atoms with Crippen molar-refractivity contribution >= 4 is 27.5 Å². The maximum Gasteiger partial charge on any atom is 0.133 e. The highest BCUT2D eigenvalue weighted by Crippen LogP contribution is 2.29. The van der Waals surface area contributed by atoms with Gasteiger partial charge in [-0.05, 0) is 64.7 Å². The Morgan fingerprint density at radius 3 is 2.50 bits per heavy atom. The van der Waals surface area contributed by atoms with E-state index in [0.29, 0.717) is 6.61 Å². The smallest absolute Gasteiger partial charge is 0.133 e. The highest BCUT2D eigenvalue weighted by Gasteiger charge is 2.10. The molecule has 1 atom stereocenters. The van der Waals surface area contributed by atoms with Gasteiger partial charge in [-0.3, -0.25) is 0 Å². The van der Waals surface area contributed by atoms with Crippen LogP contribution in [0.5, 0.6) is 5.75 Å². The van der Waals surface area contributed by atoms with E-state index < -0.39 is 0 Å². The fourth-order valence-electron chi connectivity index (χ4n) is 2.01. The van der Waals surface area contributed by atoms with Gasteiger partial charge in [-0.1, -0.05) is 29.8 Å². The average Bonchev–Trinajstić information content (AvgIpc) is 2.44. The Kier molecular flexibility index (Phi) is 5.46. The van der Waals surface area contributed by atoms with Crippen LogP contribution in [0.4, 0.5) is 0 Å². The van der Waals surface area contributed by atoms with Crippen LogP contribution in [0.1, 0.15) is 24.1 Å². The summed E-state index contributed by atoms with van der Waals surface area (Å²) >= 11 is 9.40. The zero-order chi connectivity index (χ0) is 14.5. The largest absolute Gasteiger partial charge is 0.493 e. The molecule has 2 rings (SSSR count). The molecule has 0 amide bonds. The lowest BCUT2D eigenvalue weighted by Crippen LogP contribution is -2.13. The molecule has 2 aromatic carbocycles. The number of nitrogens with two attached hydrogens (primary N) is 1. The highest BCUT2D eigenvalue weighted by molar-refractivity contribution is 9.10. The lowest BCUT2D eigenvalue weighted by atomic mass is 10.00. The molecule has 0 spiro atoms. The second-order valence-corrected chi connectivity index (χ2v) is 5.85. The standard InChI is InChI=1S/C16H17BrClNO/c1-2-20-16-8-5-12(10-14(16)17)15(19)9-11-3-6-13(18)7-4-11/h3-8,10,15H,2,9,19H2,1H3. The van der Waals surface area contributed by atoms with E-state index in [1.807, 2.05) is 49.4 Å². The van der Waals surface area contributed by atoms with E-state index in [-0.39, 0.29) is 6.04 Å². The van der Waals surface area contributed by atoms with Gasteiger partial charge in [0.15, 0.2) is 0 Å². The first-order valence-corrected chi connectivity index (χ1v) is 7.69. The Morgan fingerprint density at radius 1 is 1.20 bits per heavy atom. The fraction of sp³-hybridized carbons (Fsp3) is 0.250. The van der Waals surface area contributed by atoms with Crippen LogP contribution in [-0.4, -0.2) is 6.61 Å². The summed E-state index contributed by atoms with van der Waals surface area (Å²) in [4.78, 5) is 0. The van der Waals surface area contributed by atoms with E-state index in [4.69, 9.17) is 22.1 Å². The van der Waals surface area contributed by atoms with Crippen molar-refractivity contribution in [1.82, 2.24) is 0 Å². The summed E-state index contributed by atoms with van der Waals surface area (Å²) in [6.45, 7) is 2.61. The zero-order valence-corrected chi connectivity index (χ0v) is 13.6. The van der Waals surface area contributed by atoms with Gasteiger partial charge in [0.1, 0.15) is 5.75 Å². The molecule has 106 valence electrons. The maximum absolute atomic E-state index is 6.26. The predicted molar refractivity (Wildman–Crippen MR) is 87.4 cm³/mol. The zero-order valence-electron chi connectivity index (χ0n) is 11.3. The minimum atomic E-state index is -0.0526. The number of halogens is 2. The van der Waals surface area contributed by atoms with Gasteiger partial charge in [0.2, 0.25) is 0 Å². The molecule has 2 aromatic rings. The van der Waals surface area contributed by atoms with Gasteiger partial charge in [-0.25, -0.2) is 0 Å². The Balaban J connectivity index is 2.10. The molecule has 0 heterocycles. The Bertz CT molecular complexity index is 571. The number of ether oxygens (including phenoxy) is 1. The summed E-state index contributed by atoms with van der Waals surface area (Å²) < 4.78 is 6.43. The molecule has 0 aliphatic heterocycles. The average molecular weight is 355 g/mol. The van der Waals surface area contributed by atoms with Crippen LogP contribution in [0.15, 0.2) is 46.9 Å². The molecule has 0 bridgehead atoms. The van der Waals surface area contributed by atoms with Crippen molar-refractivity contribution in [2.45, 2.75) is 19.4 Å².